The molecule has 0 radical (unpaired) electrons. The van der Waals surface area contributed by atoms with Crippen LogP contribution in [-0.4, -0.2) is 44.8 Å². The summed E-state index contributed by atoms with van der Waals surface area (Å²) in [7, 11) is 3.46. The third-order valence-electron chi connectivity index (χ3n) is 4.27. The summed E-state index contributed by atoms with van der Waals surface area (Å²) in [6, 6.07) is 6.12. The number of methoxy groups -OCH3 is 1. The number of ether oxygens (including phenoxy) is 2. The number of halogens is 1. The lowest BCUT2D eigenvalue weighted by Crippen LogP contribution is -2.38. The van der Waals surface area contributed by atoms with Gasteiger partial charge in [-0.1, -0.05) is 13.0 Å². The van der Waals surface area contributed by atoms with Crippen molar-refractivity contribution in [3.05, 3.63) is 39.8 Å². The van der Waals surface area contributed by atoms with Crippen molar-refractivity contribution in [2.75, 3.05) is 33.9 Å². The first-order valence-corrected chi connectivity index (χ1v) is 10.7. The fourth-order valence-electron chi connectivity index (χ4n) is 2.78. The van der Waals surface area contributed by atoms with E-state index in [1.54, 1.807) is 25.5 Å². The van der Waals surface area contributed by atoms with Gasteiger partial charge < -0.3 is 20.1 Å². The summed E-state index contributed by atoms with van der Waals surface area (Å²) in [6.45, 7) is 6.44. The number of nitrogens with one attached hydrogen (secondary N) is 2. The molecule has 2 N–H and O–H groups in total. The van der Waals surface area contributed by atoms with Gasteiger partial charge in [0.1, 0.15) is 0 Å². The van der Waals surface area contributed by atoms with Crippen LogP contribution in [0.1, 0.15) is 35.7 Å². The van der Waals surface area contributed by atoms with Crippen LogP contribution in [0.5, 0.6) is 11.5 Å². The van der Waals surface area contributed by atoms with Crippen molar-refractivity contribution in [2.45, 2.75) is 39.5 Å². The molecule has 0 bridgehead atoms. The fraction of sp³-hybridized carbons (Fsp3) is 0.524. The molecule has 0 aliphatic heterocycles. The van der Waals surface area contributed by atoms with Crippen molar-refractivity contribution >= 4 is 41.3 Å². The minimum Gasteiger partial charge on any atom is -0.493 e. The van der Waals surface area contributed by atoms with Gasteiger partial charge in [-0.25, -0.2) is 4.98 Å². The molecule has 0 saturated carbocycles. The monoisotopic (exact) mass is 532 g/mol. The van der Waals surface area contributed by atoms with E-state index in [2.05, 4.69) is 39.7 Å². The molecule has 0 fully saturated rings. The molecule has 6 nitrogen and oxygen atoms in total. The third-order valence-corrected chi connectivity index (χ3v) is 5.47. The molecule has 0 aliphatic rings. The minimum atomic E-state index is 0. The van der Waals surface area contributed by atoms with Crippen molar-refractivity contribution in [1.82, 2.24) is 15.6 Å². The number of aryl methyl sites for hydroxylation is 2. The summed E-state index contributed by atoms with van der Waals surface area (Å²) in [6.07, 6.45) is 5.91. The fourth-order valence-corrected chi connectivity index (χ4v) is 3.64. The molecule has 162 valence electrons. The Bertz CT molecular complexity index is 752. The van der Waals surface area contributed by atoms with E-state index in [1.165, 1.54) is 15.4 Å². The molecule has 2 rings (SSSR count). The van der Waals surface area contributed by atoms with Gasteiger partial charge in [-0.3, -0.25) is 4.99 Å². The molecule has 0 amide bonds. The Morgan fingerprint density at radius 2 is 1.93 bits per heavy atom. The summed E-state index contributed by atoms with van der Waals surface area (Å²) in [5, 5.41) is 7.90. The zero-order chi connectivity index (χ0) is 20.2. The quantitative estimate of drug-likeness (QED) is 0.198. The molecular formula is C21H33IN4O2S. The molecule has 1 aromatic carbocycles. The van der Waals surface area contributed by atoms with Crippen LogP contribution in [-0.2, 0) is 19.3 Å². The zero-order valence-corrected chi connectivity index (χ0v) is 20.9. The van der Waals surface area contributed by atoms with Crippen molar-refractivity contribution < 1.29 is 9.47 Å². The van der Waals surface area contributed by atoms with Crippen molar-refractivity contribution in [3.8, 4) is 11.5 Å². The van der Waals surface area contributed by atoms with E-state index in [0.29, 0.717) is 6.61 Å². The van der Waals surface area contributed by atoms with E-state index < -0.39 is 0 Å². The smallest absolute Gasteiger partial charge is 0.190 e. The Kier molecular flexibility index (Phi) is 12.7. The van der Waals surface area contributed by atoms with Crippen molar-refractivity contribution in [2.24, 2.45) is 4.99 Å². The molecule has 0 atom stereocenters. The van der Waals surface area contributed by atoms with Gasteiger partial charge in [0.05, 0.1) is 18.7 Å². The predicted octanol–water partition coefficient (Wildman–Crippen LogP) is 4.07. The van der Waals surface area contributed by atoms with Crippen molar-refractivity contribution in [3.63, 3.8) is 0 Å². The predicted molar refractivity (Wildman–Crippen MR) is 132 cm³/mol. The van der Waals surface area contributed by atoms with Crippen LogP contribution < -0.4 is 20.1 Å². The minimum absolute atomic E-state index is 0. The Balaban J connectivity index is 0.00000420. The standard InChI is InChI=1S/C21H32N4O2S.HI/c1-5-17-15-25-20(28-17)11-13-24-21(22-3)23-12-7-8-16-9-10-18(26-4)19(14-16)27-6-2;/h9-10,14-15H,5-8,11-13H2,1-4H3,(H2,22,23,24);1H. The van der Waals surface area contributed by atoms with Crippen LogP contribution in [0, 0.1) is 0 Å². The number of nitrogens with zero attached hydrogens (tertiary/aromatic N) is 2. The first-order chi connectivity index (χ1) is 13.7. The van der Waals surface area contributed by atoms with E-state index in [9.17, 15) is 0 Å². The first kappa shape index (κ1) is 25.5. The average Bonchev–Trinajstić information content (AvgIpc) is 3.18. The lowest BCUT2D eigenvalue weighted by Gasteiger charge is -2.13. The molecular weight excluding hydrogens is 499 g/mol. The summed E-state index contributed by atoms with van der Waals surface area (Å²) in [5.74, 6) is 2.41. The van der Waals surface area contributed by atoms with E-state index in [0.717, 1.165) is 56.2 Å². The number of guanidine groups is 1. The molecule has 0 saturated heterocycles. The second-order valence-corrected chi connectivity index (χ2v) is 7.47. The van der Waals surface area contributed by atoms with E-state index in [-0.39, 0.29) is 24.0 Å². The number of aliphatic imine (C=N–C) groups is 1. The van der Waals surface area contributed by atoms with Gasteiger partial charge in [0.2, 0.25) is 0 Å². The maximum absolute atomic E-state index is 5.65. The Morgan fingerprint density at radius 3 is 2.59 bits per heavy atom. The molecule has 1 heterocycles. The van der Waals surface area contributed by atoms with Gasteiger partial charge in [0.15, 0.2) is 17.5 Å². The molecule has 0 unspecified atom stereocenters. The highest BCUT2D eigenvalue weighted by Crippen LogP contribution is 2.28. The van der Waals surface area contributed by atoms with Gasteiger partial charge >= 0.3 is 0 Å². The lowest BCUT2D eigenvalue weighted by molar-refractivity contribution is 0.310. The summed E-state index contributed by atoms with van der Waals surface area (Å²) in [5.41, 5.74) is 1.24. The highest BCUT2D eigenvalue weighted by molar-refractivity contribution is 14.0. The van der Waals surface area contributed by atoms with Gasteiger partial charge in [-0.05, 0) is 43.9 Å². The number of rotatable bonds is 11. The Hall–Kier alpha value is -1.55. The number of thiazole rings is 1. The zero-order valence-electron chi connectivity index (χ0n) is 17.8. The molecule has 0 aliphatic carbocycles. The summed E-state index contributed by atoms with van der Waals surface area (Å²) in [4.78, 5) is 10.1. The molecule has 8 heteroatoms. The van der Waals surface area contributed by atoms with Gasteiger partial charge in [0, 0.05) is 37.6 Å². The molecule has 0 spiro atoms. The highest BCUT2D eigenvalue weighted by Gasteiger charge is 2.06. The van der Waals surface area contributed by atoms with E-state index >= 15 is 0 Å². The second kappa shape index (κ2) is 14.4. The number of hydrogen-bond donors (Lipinski definition) is 2. The van der Waals surface area contributed by atoms with Crippen LogP contribution in [0.4, 0.5) is 0 Å². The Labute approximate surface area is 195 Å². The van der Waals surface area contributed by atoms with Gasteiger partial charge in [0.25, 0.3) is 0 Å². The van der Waals surface area contributed by atoms with E-state index in [1.807, 2.05) is 19.2 Å². The third kappa shape index (κ3) is 8.77. The van der Waals surface area contributed by atoms with Crippen LogP contribution in [0.3, 0.4) is 0 Å². The van der Waals surface area contributed by atoms with E-state index in [4.69, 9.17) is 9.47 Å². The molecule has 2 aromatic rings. The molecule has 1 aromatic heterocycles. The topological polar surface area (TPSA) is 67.8 Å². The SMILES string of the molecule is CCOc1cc(CCCNC(=NC)NCCc2ncc(CC)s2)ccc1OC.I. The number of aromatic nitrogens is 1. The maximum Gasteiger partial charge on any atom is 0.190 e. The Morgan fingerprint density at radius 1 is 1.14 bits per heavy atom. The maximum atomic E-state index is 5.65. The van der Waals surface area contributed by atoms with Crippen LogP contribution in [0.15, 0.2) is 29.4 Å². The van der Waals surface area contributed by atoms with Crippen LogP contribution in [0.2, 0.25) is 0 Å². The van der Waals surface area contributed by atoms with Crippen LogP contribution >= 0.6 is 35.3 Å². The van der Waals surface area contributed by atoms with Gasteiger partial charge in [-0.15, -0.1) is 35.3 Å². The highest BCUT2D eigenvalue weighted by atomic mass is 127. The summed E-state index contributed by atoms with van der Waals surface area (Å²) >= 11 is 1.79. The summed E-state index contributed by atoms with van der Waals surface area (Å²) < 4.78 is 11.0. The average molecular weight is 532 g/mol. The van der Waals surface area contributed by atoms with Crippen LogP contribution in [0.25, 0.3) is 0 Å². The first-order valence-electron chi connectivity index (χ1n) is 9.87. The van der Waals surface area contributed by atoms with Gasteiger partial charge in [-0.2, -0.15) is 0 Å². The second-order valence-electron chi connectivity index (χ2n) is 6.27. The normalized spacial score (nSPS) is 11.0. The largest absolute Gasteiger partial charge is 0.493 e. The lowest BCUT2D eigenvalue weighted by atomic mass is 10.1. The number of benzene rings is 1. The van der Waals surface area contributed by atoms with Crippen molar-refractivity contribution in [1.29, 1.82) is 0 Å². The molecule has 29 heavy (non-hydrogen) atoms. The number of hydrogen-bond acceptors (Lipinski definition) is 5.